The van der Waals surface area contributed by atoms with Gasteiger partial charge in [0.15, 0.2) is 0 Å². The first-order chi connectivity index (χ1) is 9.11. The zero-order valence-corrected chi connectivity index (χ0v) is 12.7. The summed E-state index contributed by atoms with van der Waals surface area (Å²) in [6.07, 6.45) is 3.92. The molecule has 0 aliphatic carbocycles. The number of hydrogen-bond donors (Lipinski definition) is 0. The maximum atomic E-state index is 3.94. The molecule has 0 aliphatic heterocycles. The lowest BCUT2D eigenvalue weighted by molar-refractivity contribution is 1.63. The van der Waals surface area contributed by atoms with Crippen LogP contribution in [0.4, 0.5) is 0 Å². The Kier molecular flexibility index (Phi) is 3.86. The molecule has 96 valence electrons. The molecule has 0 aromatic heterocycles. The van der Waals surface area contributed by atoms with Gasteiger partial charge in [-0.15, -0.1) is 0 Å². The van der Waals surface area contributed by atoms with E-state index in [2.05, 4.69) is 74.8 Å². The molecule has 0 spiro atoms. The van der Waals surface area contributed by atoms with Gasteiger partial charge in [-0.1, -0.05) is 86.9 Å². The van der Waals surface area contributed by atoms with Gasteiger partial charge in [-0.2, -0.15) is 0 Å². The molecule has 0 fully saturated rings. The molecule has 0 amide bonds. The minimum atomic E-state index is -1.73. The van der Waals surface area contributed by atoms with Crippen LogP contribution in [0.2, 0.25) is 13.1 Å². The third-order valence-corrected chi connectivity index (χ3v) is 7.31. The zero-order chi connectivity index (χ0) is 13.9. The second-order valence-electron chi connectivity index (χ2n) is 5.21. The number of rotatable bonds is 4. The quantitative estimate of drug-likeness (QED) is 0.737. The number of benzene rings is 2. The Morgan fingerprint density at radius 1 is 0.737 bits per heavy atom. The van der Waals surface area contributed by atoms with E-state index in [1.54, 1.807) is 0 Å². The molecule has 0 unspecified atom stereocenters. The van der Waals surface area contributed by atoms with Gasteiger partial charge in [-0.05, 0) is 21.5 Å². The van der Waals surface area contributed by atoms with Crippen LogP contribution in [-0.4, -0.2) is 8.07 Å². The van der Waals surface area contributed by atoms with Crippen molar-refractivity contribution in [3.63, 3.8) is 0 Å². The number of hydrogen-bond acceptors (Lipinski definition) is 0. The van der Waals surface area contributed by atoms with Crippen LogP contribution in [0.1, 0.15) is 11.1 Å². The Morgan fingerprint density at radius 3 is 1.47 bits per heavy atom. The minimum absolute atomic E-state index is 1.25. The van der Waals surface area contributed by atoms with Crippen molar-refractivity contribution in [2.45, 2.75) is 13.1 Å². The molecule has 0 aliphatic rings. The lowest BCUT2D eigenvalue weighted by Crippen LogP contribution is -2.54. The van der Waals surface area contributed by atoms with Crippen LogP contribution in [-0.2, 0) is 0 Å². The summed E-state index contributed by atoms with van der Waals surface area (Å²) < 4.78 is 0. The Hall–Kier alpha value is -1.86. The van der Waals surface area contributed by atoms with Crippen molar-refractivity contribution in [2.24, 2.45) is 0 Å². The maximum absolute atomic E-state index is 3.94. The van der Waals surface area contributed by atoms with E-state index in [-0.39, 0.29) is 0 Å². The van der Waals surface area contributed by atoms with E-state index in [0.717, 1.165) is 0 Å². The Bertz CT molecular complexity index is 555. The second-order valence-corrected chi connectivity index (χ2v) is 9.54. The van der Waals surface area contributed by atoms with Gasteiger partial charge in [-0.25, -0.2) is 0 Å². The van der Waals surface area contributed by atoms with Crippen molar-refractivity contribution >= 4 is 30.6 Å². The molecule has 2 rings (SSSR count). The molecular formula is C18H20Si. The summed E-state index contributed by atoms with van der Waals surface area (Å²) in [5.74, 6) is 0. The molecule has 0 saturated heterocycles. The maximum Gasteiger partial charge on any atom is 0.113 e. The van der Waals surface area contributed by atoms with E-state index in [1.165, 1.54) is 21.5 Å². The van der Waals surface area contributed by atoms with Gasteiger partial charge in [0.2, 0.25) is 0 Å². The summed E-state index contributed by atoms with van der Waals surface area (Å²) in [6.45, 7) is 12.7. The molecule has 1 heteroatoms. The van der Waals surface area contributed by atoms with Crippen LogP contribution < -0.4 is 10.4 Å². The summed E-state index contributed by atoms with van der Waals surface area (Å²) in [5.41, 5.74) is 2.50. The van der Waals surface area contributed by atoms with E-state index in [9.17, 15) is 0 Å². The molecule has 0 saturated carbocycles. The fourth-order valence-corrected chi connectivity index (χ4v) is 5.76. The fraction of sp³-hybridized carbons (Fsp3) is 0.111. The van der Waals surface area contributed by atoms with E-state index in [1.807, 2.05) is 12.2 Å². The van der Waals surface area contributed by atoms with Gasteiger partial charge in [0.1, 0.15) is 8.07 Å². The first kappa shape index (κ1) is 13.6. The summed E-state index contributed by atoms with van der Waals surface area (Å²) in [6, 6.07) is 17.2. The van der Waals surface area contributed by atoms with Crippen molar-refractivity contribution in [3.8, 4) is 0 Å². The lowest BCUT2D eigenvalue weighted by atomic mass is 10.2. The van der Waals surface area contributed by atoms with E-state index in [4.69, 9.17) is 0 Å². The summed E-state index contributed by atoms with van der Waals surface area (Å²) in [5, 5.41) is 2.86. The van der Waals surface area contributed by atoms with E-state index >= 15 is 0 Å². The predicted octanol–water partition coefficient (Wildman–Crippen LogP) is 3.80. The monoisotopic (exact) mass is 264 g/mol. The molecule has 2 aromatic carbocycles. The second kappa shape index (κ2) is 5.41. The fourth-order valence-electron chi connectivity index (χ4n) is 2.63. The van der Waals surface area contributed by atoms with Gasteiger partial charge < -0.3 is 0 Å². The summed E-state index contributed by atoms with van der Waals surface area (Å²) in [4.78, 5) is 0. The predicted molar refractivity (Wildman–Crippen MR) is 89.8 cm³/mol. The van der Waals surface area contributed by atoms with Gasteiger partial charge >= 0.3 is 0 Å². The third kappa shape index (κ3) is 2.47. The SMILES string of the molecule is C=Cc1ccccc1[Si](C)(C)c1ccccc1C=C. The van der Waals surface area contributed by atoms with Gasteiger partial charge in [0, 0.05) is 0 Å². The highest BCUT2D eigenvalue weighted by Crippen LogP contribution is 2.12. The Balaban J connectivity index is 2.64. The van der Waals surface area contributed by atoms with E-state index in [0.29, 0.717) is 0 Å². The molecule has 0 atom stereocenters. The minimum Gasteiger partial charge on any atom is -0.0985 e. The average Bonchev–Trinajstić information content (AvgIpc) is 2.47. The van der Waals surface area contributed by atoms with Crippen molar-refractivity contribution < 1.29 is 0 Å². The molecule has 19 heavy (non-hydrogen) atoms. The first-order valence-corrected chi connectivity index (χ1v) is 9.55. The highest BCUT2D eigenvalue weighted by atomic mass is 28.3. The highest BCUT2D eigenvalue weighted by Gasteiger charge is 2.29. The molecule has 2 aromatic rings. The molecule has 0 N–H and O–H groups in total. The van der Waals surface area contributed by atoms with Gasteiger partial charge in [0.05, 0.1) is 0 Å². The normalized spacial score (nSPS) is 11.1. The van der Waals surface area contributed by atoms with Crippen molar-refractivity contribution in [3.05, 3.63) is 72.8 Å². The molecule has 0 heterocycles. The molecule has 0 bridgehead atoms. The standard InChI is InChI=1S/C18H20Si/c1-5-15-11-7-9-13-17(15)19(3,4)18-14-10-8-12-16(18)6-2/h5-14H,1-2H2,3-4H3. The summed E-state index contributed by atoms with van der Waals surface area (Å²) in [7, 11) is -1.73. The van der Waals surface area contributed by atoms with Crippen molar-refractivity contribution in [2.75, 3.05) is 0 Å². The molecular weight excluding hydrogens is 244 g/mol. The first-order valence-electron chi connectivity index (χ1n) is 6.55. The smallest absolute Gasteiger partial charge is 0.0985 e. The van der Waals surface area contributed by atoms with Crippen LogP contribution >= 0.6 is 0 Å². The lowest BCUT2D eigenvalue weighted by Gasteiger charge is -2.27. The zero-order valence-electron chi connectivity index (χ0n) is 11.7. The van der Waals surface area contributed by atoms with Crippen molar-refractivity contribution in [1.29, 1.82) is 0 Å². The van der Waals surface area contributed by atoms with Gasteiger partial charge in [-0.3, -0.25) is 0 Å². The molecule has 0 nitrogen and oxygen atoms in total. The topological polar surface area (TPSA) is 0 Å². The van der Waals surface area contributed by atoms with Gasteiger partial charge in [0.25, 0.3) is 0 Å². The van der Waals surface area contributed by atoms with Crippen LogP contribution in [0.25, 0.3) is 12.2 Å². The summed E-state index contributed by atoms with van der Waals surface area (Å²) >= 11 is 0. The third-order valence-electron chi connectivity index (χ3n) is 3.71. The van der Waals surface area contributed by atoms with Crippen LogP contribution in [0, 0.1) is 0 Å². The highest BCUT2D eigenvalue weighted by molar-refractivity contribution is 7.01. The largest absolute Gasteiger partial charge is 0.113 e. The Labute approximate surface area is 117 Å². The van der Waals surface area contributed by atoms with Crippen molar-refractivity contribution in [1.82, 2.24) is 0 Å². The average molecular weight is 264 g/mol. The van der Waals surface area contributed by atoms with Crippen LogP contribution in [0.5, 0.6) is 0 Å². The van der Waals surface area contributed by atoms with Crippen LogP contribution in [0.15, 0.2) is 61.7 Å². The van der Waals surface area contributed by atoms with E-state index < -0.39 is 8.07 Å². The Morgan fingerprint density at radius 2 is 1.11 bits per heavy atom. The molecule has 0 radical (unpaired) electrons. The van der Waals surface area contributed by atoms with Crippen LogP contribution in [0.3, 0.4) is 0 Å².